The van der Waals surface area contributed by atoms with Crippen LogP contribution < -0.4 is 10.5 Å². The summed E-state index contributed by atoms with van der Waals surface area (Å²) in [6.07, 6.45) is 2.86. The zero-order valence-electron chi connectivity index (χ0n) is 11.4. The van der Waals surface area contributed by atoms with Crippen molar-refractivity contribution in [3.63, 3.8) is 0 Å². The lowest BCUT2D eigenvalue weighted by Crippen LogP contribution is -2.31. The van der Waals surface area contributed by atoms with E-state index >= 15 is 0 Å². The van der Waals surface area contributed by atoms with Crippen LogP contribution >= 0.6 is 0 Å². The maximum atomic E-state index is 13.6. The molecule has 0 atom stereocenters. The lowest BCUT2D eigenvalue weighted by molar-refractivity contribution is 0.0940. The predicted octanol–water partition coefficient (Wildman–Crippen LogP) is 1.53. The van der Waals surface area contributed by atoms with Gasteiger partial charge in [-0.1, -0.05) is 6.92 Å². The highest BCUT2D eigenvalue weighted by atomic mass is 32.2. The molecule has 1 amide bonds. The van der Waals surface area contributed by atoms with Crippen LogP contribution in [0, 0.1) is 17.0 Å². The van der Waals surface area contributed by atoms with E-state index in [2.05, 4.69) is 5.32 Å². The van der Waals surface area contributed by atoms with Gasteiger partial charge in [0.1, 0.15) is 16.5 Å². The summed E-state index contributed by atoms with van der Waals surface area (Å²) in [6.45, 7) is 2.38. The van der Waals surface area contributed by atoms with Crippen molar-refractivity contribution in [1.82, 2.24) is 5.32 Å². The smallest absolute Gasteiger partial charge is 0.254 e. The number of nitrogens with one attached hydrogen (secondary N) is 1. The normalized spacial score (nSPS) is 16.6. The third-order valence-electron chi connectivity index (χ3n) is 3.90. The van der Waals surface area contributed by atoms with E-state index in [1.165, 1.54) is 0 Å². The molecular formula is C13H16F2N2O3S. The molecule has 1 aliphatic carbocycles. The number of carbonyl (C=O) groups excluding carboxylic acids is 1. The van der Waals surface area contributed by atoms with E-state index in [1.54, 1.807) is 0 Å². The van der Waals surface area contributed by atoms with Crippen LogP contribution in [0.5, 0.6) is 0 Å². The molecule has 1 aromatic rings. The first-order valence-electron chi connectivity index (χ1n) is 6.48. The number of sulfonamides is 1. The van der Waals surface area contributed by atoms with Crippen molar-refractivity contribution < 1.29 is 22.0 Å². The SMILES string of the molecule is CCC1(CNC(=O)c2cc(S(N)(=O)=O)c(F)cc2F)CC1. The molecule has 0 bridgehead atoms. The van der Waals surface area contributed by atoms with Crippen molar-refractivity contribution >= 4 is 15.9 Å². The average molecular weight is 318 g/mol. The highest BCUT2D eigenvalue weighted by molar-refractivity contribution is 7.89. The monoisotopic (exact) mass is 318 g/mol. The molecule has 3 N–H and O–H groups in total. The molecule has 5 nitrogen and oxygen atoms in total. The molecule has 0 heterocycles. The Bertz CT molecular complexity index is 685. The first-order valence-corrected chi connectivity index (χ1v) is 8.03. The summed E-state index contributed by atoms with van der Waals surface area (Å²) in [5.41, 5.74) is -0.484. The largest absolute Gasteiger partial charge is 0.351 e. The van der Waals surface area contributed by atoms with Gasteiger partial charge < -0.3 is 5.32 Å². The quantitative estimate of drug-likeness (QED) is 0.863. The average Bonchev–Trinajstić information content (AvgIpc) is 3.15. The zero-order chi connectivity index (χ0) is 15.8. The van der Waals surface area contributed by atoms with Crippen molar-refractivity contribution in [2.45, 2.75) is 31.1 Å². The van der Waals surface area contributed by atoms with Gasteiger partial charge in [0, 0.05) is 12.6 Å². The fraction of sp³-hybridized carbons (Fsp3) is 0.462. The Labute approximate surface area is 121 Å². The second-order valence-electron chi connectivity index (χ2n) is 5.34. The molecule has 1 aliphatic rings. The second-order valence-corrected chi connectivity index (χ2v) is 6.87. The maximum absolute atomic E-state index is 13.6. The molecule has 21 heavy (non-hydrogen) atoms. The van der Waals surface area contributed by atoms with E-state index in [-0.39, 0.29) is 5.41 Å². The van der Waals surface area contributed by atoms with Gasteiger partial charge in [0.25, 0.3) is 5.91 Å². The number of hydrogen-bond acceptors (Lipinski definition) is 3. The Morgan fingerprint density at radius 2 is 1.95 bits per heavy atom. The highest BCUT2D eigenvalue weighted by Gasteiger charge is 2.40. The Hall–Kier alpha value is -1.54. The van der Waals surface area contributed by atoms with Crippen molar-refractivity contribution in [1.29, 1.82) is 0 Å². The van der Waals surface area contributed by atoms with Crippen LogP contribution in [0.2, 0.25) is 0 Å². The number of rotatable bonds is 5. The van der Waals surface area contributed by atoms with Gasteiger partial charge in [-0.3, -0.25) is 4.79 Å². The summed E-state index contributed by atoms with van der Waals surface area (Å²) in [7, 11) is -4.36. The summed E-state index contributed by atoms with van der Waals surface area (Å²) < 4.78 is 49.4. The van der Waals surface area contributed by atoms with Gasteiger partial charge in [0.15, 0.2) is 0 Å². The fourth-order valence-electron chi connectivity index (χ4n) is 2.12. The number of primary sulfonamides is 1. The third kappa shape index (κ3) is 3.38. The van der Waals surface area contributed by atoms with E-state index < -0.39 is 38.0 Å². The number of benzene rings is 1. The van der Waals surface area contributed by atoms with Gasteiger partial charge in [-0.25, -0.2) is 22.3 Å². The van der Waals surface area contributed by atoms with Crippen LogP contribution in [-0.4, -0.2) is 20.9 Å². The number of amides is 1. The van der Waals surface area contributed by atoms with Gasteiger partial charge in [-0.05, 0) is 30.7 Å². The van der Waals surface area contributed by atoms with Crippen molar-refractivity contribution in [3.8, 4) is 0 Å². The van der Waals surface area contributed by atoms with Crippen LogP contribution in [0.25, 0.3) is 0 Å². The van der Waals surface area contributed by atoms with Crippen LogP contribution in [0.3, 0.4) is 0 Å². The lowest BCUT2D eigenvalue weighted by atomic mass is 10.0. The van der Waals surface area contributed by atoms with Gasteiger partial charge in [0.2, 0.25) is 10.0 Å². The Morgan fingerprint density at radius 1 is 1.33 bits per heavy atom. The van der Waals surface area contributed by atoms with Crippen LogP contribution in [0.4, 0.5) is 8.78 Å². The Balaban J connectivity index is 2.24. The van der Waals surface area contributed by atoms with E-state index in [1.807, 2.05) is 6.92 Å². The van der Waals surface area contributed by atoms with E-state index in [0.717, 1.165) is 19.3 Å². The third-order valence-corrected chi connectivity index (χ3v) is 4.83. The molecule has 116 valence electrons. The molecule has 1 saturated carbocycles. The van der Waals surface area contributed by atoms with Crippen molar-refractivity contribution in [2.24, 2.45) is 10.6 Å². The van der Waals surface area contributed by atoms with Crippen molar-refractivity contribution in [2.75, 3.05) is 6.54 Å². The Morgan fingerprint density at radius 3 is 2.43 bits per heavy atom. The summed E-state index contributed by atoms with van der Waals surface area (Å²) in [5.74, 6) is -3.23. The van der Waals surface area contributed by atoms with Crippen molar-refractivity contribution in [3.05, 3.63) is 29.3 Å². The summed E-state index contributed by atoms with van der Waals surface area (Å²) in [6, 6.07) is 0.974. The molecule has 0 aliphatic heterocycles. The highest BCUT2D eigenvalue weighted by Crippen LogP contribution is 2.47. The molecular weight excluding hydrogens is 302 g/mol. The molecule has 0 unspecified atom stereocenters. The summed E-state index contributed by atoms with van der Waals surface area (Å²) in [4.78, 5) is 11.0. The molecule has 8 heteroatoms. The second kappa shape index (κ2) is 5.34. The molecule has 1 aromatic carbocycles. The molecule has 0 aromatic heterocycles. The van der Waals surface area contributed by atoms with E-state index in [4.69, 9.17) is 5.14 Å². The van der Waals surface area contributed by atoms with Gasteiger partial charge in [0.05, 0.1) is 5.56 Å². The van der Waals surface area contributed by atoms with E-state index in [0.29, 0.717) is 18.7 Å². The molecule has 0 radical (unpaired) electrons. The minimum Gasteiger partial charge on any atom is -0.351 e. The standard InChI is InChI=1S/C13H16F2N2O3S/c1-2-13(3-4-13)7-17-12(18)8-5-11(21(16,19)20)10(15)6-9(8)14/h5-6H,2-4,7H2,1H3,(H,17,18)(H2,16,19,20). The number of nitrogens with two attached hydrogens (primary N) is 1. The van der Waals surface area contributed by atoms with Crippen LogP contribution in [0.15, 0.2) is 17.0 Å². The lowest BCUT2D eigenvalue weighted by Gasteiger charge is -2.14. The van der Waals surface area contributed by atoms with Gasteiger partial charge >= 0.3 is 0 Å². The molecule has 1 fully saturated rings. The number of halogens is 2. The molecule has 0 spiro atoms. The topological polar surface area (TPSA) is 89.3 Å². The van der Waals surface area contributed by atoms with Crippen LogP contribution in [-0.2, 0) is 10.0 Å². The zero-order valence-corrected chi connectivity index (χ0v) is 12.3. The van der Waals surface area contributed by atoms with E-state index in [9.17, 15) is 22.0 Å². The van der Waals surface area contributed by atoms with Gasteiger partial charge in [-0.2, -0.15) is 0 Å². The summed E-state index contributed by atoms with van der Waals surface area (Å²) >= 11 is 0. The van der Waals surface area contributed by atoms with Gasteiger partial charge in [-0.15, -0.1) is 0 Å². The minimum absolute atomic E-state index is 0.0505. The molecule has 2 rings (SSSR count). The number of hydrogen-bond donors (Lipinski definition) is 2. The predicted molar refractivity (Wildman–Crippen MR) is 72.0 cm³/mol. The Kier molecular flexibility index (Phi) is 4.03. The van der Waals surface area contributed by atoms with Crippen LogP contribution in [0.1, 0.15) is 36.5 Å². The minimum atomic E-state index is -4.36. The fourth-order valence-corrected chi connectivity index (χ4v) is 2.73. The first-order chi connectivity index (χ1) is 9.68. The molecule has 0 saturated heterocycles. The maximum Gasteiger partial charge on any atom is 0.254 e. The number of carbonyl (C=O) groups is 1. The summed E-state index contributed by atoms with van der Waals surface area (Å²) in [5, 5.41) is 7.38. The first kappa shape index (κ1) is 15.8.